The number of anilines is 1. The molecule has 1 saturated heterocycles. The Morgan fingerprint density at radius 1 is 1.06 bits per heavy atom. The zero-order valence-electron chi connectivity index (χ0n) is 17.9. The summed E-state index contributed by atoms with van der Waals surface area (Å²) in [6, 6.07) is 6.21. The van der Waals surface area contributed by atoms with E-state index in [1.54, 1.807) is 12.4 Å². The first kappa shape index (κ1) is 23.3. The first-order valence-corrected chi connectivity index (χ1v) is 10.9. The number of amides is 2. The monoisotopic (exact) mass is 465 g/mol. The topological polar surface area (TPSA) is 81.7 Å². The maximum atomic E-state index is 13.2. The van der Waals surface area contributed by atoms with Gasteiger partial charge < -0.3 is 24.8 Å². The number of benzene rings is 1. The Balaban J connectivity index is 1.29. The Morgan fingerprint density at radius 3 is 2.42 bits per heavy atom. The largest absolute Gasteiger partial charge is 0.483 e. The number of carbonyl (C=O) groups is 1. The summed E-state index contributed by atoms with van der Waals surface area (Å²) >= 11 is 0. The van der Waals surface area contributed by atoms with Gasteiger partial charge in [-0.1, -0.05) is 0 Å². The minimum Gasteiger partial charge on any atom is -0.483 e. The number of ether oxygens (including phenoxy) is 3. The third-order valence-corrected chi connectivity index (χ3v) is 5.70. The van der Waals surface area contributed by atoms with Gasteiger partial charge in [0.05, 0.1) is 37.2 Å². The third kappa shape index (κ3) is 6.58. The van der Waals surface area contributed by atoms with E-state index in [1.165, 1.54) is 6.07 Å². The summed E-state index contributed by atoms with van der Waals surface area (Å²) in [7, 11) is 0. The number of alkyl halides is 3. The van der Waals surface area contributed by atoms with Crippen LogP contribution in [0, 0.1) is 0 Å². The number of nitrogens with one attached hydrogen (secondary N) is 2. The predicted octanol–water partition coefficient (Wildman–Crippen LogP) is 4.53. The Labute approximate surface area is 189 Å². The molecule has 1 saturated carbocycles. The van der Waals surface area contributed by atoms with Gasteiger partial charge in [-0.25, -0.2) is 4.79 Å². The van der Waals surface area contributed by atoms with Crippen molar-refractivity contribution in [2.24, 2.45) is 0 Å². The molecule has 2 N–H and O–H groups in total. The molecule has 10 heteroatoms. The summed E-state index contributed by atoms with van der Waals surface area (Å²) < 4.78 is 56.1. The van der Waals surface area contributed by atoms with Crippen LogP contribution in [0.1, 0.15) is 36.8 Å². The van der Waals surface area contributed by atoms with Gasteiger partial charge in [-0.2, -0.15) is 13.2 Å². The Kier molecular flexibility index (Phi) is 7.34. The highest BCUT2D eigenvalue weighted by Gasteiger charge is 2.32. The van der Waals surface area contributed by atoms with Gasteiger partial charge in [-0.15, -0.1) is 0 Å². The number of rotatable bonds is 7. The van der Waals surface area contributed by atoms with Crippen LogP contribution in [0.5, 0.6) is 5.75 Å². The van der Waals surface area contributed by atoms with Crippen LogP contribution < -0.4 is 15.4 Å². The SMILES string of the molecule is O=C(Nc1cc(C(F)(F)F)ccc1OC1COC1)NC1CCC(OCc2ccncc2)CC1. The molecule has 0 spiro atoms. The predicted molar refractivity (Wildman–Crippen MR) is 114 cm³/mol. The Bertz CT molecular complexity index is 930. The lowest BCUT2D eigenvalue weighted by Gasteiger charge is -2.30. The van der Waals surface area contributed by atoms with Gasteiger partial charge in [0.1, 0.15) is 11.9 Å². The maximum Gasteiger partial charge on any atom is 0.416 e. The van der Waals surface area contributed by atoms with E-state index in [1.807, 2.05) is 12.1 Å². The summed E-state index contributed by atoms with van der Waals surface area (Å²) in [5.41, 5.74) is 0.169. The molecule has 2 amide bonds. The van der Waals surface area contributed by atoms with E-state index in [0.29, 0.717) is 19.8 Å². The first-order valence-electron chi connectivity index (χ1n) is 10.9. The van der Waals surface area contributed by atoms with E-state index in [0.717, 1.165) is 43.4 Å². The Hall–Kier alpha value is -2.85. The van der Waals surface area contributed by atoms with Crippen molar-refractivity contribution in [3.05, 3.63) is 53.9 Å². The van der Waals surface area contributed by atoms with Crippen molar-refractivity contribution >= 4 is 11.7 Å². The van der Waals surface area contributed by atoms with E-state index in [4.69, 9.17) is 14.2 Å². The van der Waals surface area contributed by atoms with Gasteiger partial charge >= 0.3 is 12.2 Å². The number of halogens is 3. The van der Waals surface area contributed by atoms with Crippen molar-refractivity contribution in [3.8, 4) is 5.75 Å². The highest BCUT2D eigenvalue weighted by atomic mass is 19.4. The van der Waals surface area contributed by atoms with Gasteiger partial charge in [-0.3, -0.25) is 4.98 Å². The van der Waals surface area contributed by atoms with Gasteiger partial charge in [0.2, 0.25) is 0 Å². The van der Waals surface area contributed by atoms with Crippen LogP contribution >= 0.6 is 0 Å². The third-order valence-electron chi connectivity index (χ3n) is 5.70. The molecular formula is C23H26F3N3O4. The molecule has 178 valence electrons. The van der Waals surface area contributed by atoms with Crippen molar-refractivity contribution in [2.45, 2.75) is 56.7 Å². The maximum absolute atomic E-state index is 13.2. The quantitative estimate of drug-likeness (QED) is 0.628. The number of carbonyl (C=O) groups excluding carboxylic acids is 1. The highest BCUT2D eigenvalue weighted by Crippen LogP contribution is 2.36. The minimum absolute atomic E-state index is 0.0244. The molecule has 0 bridgehead atoms. The summed E-state index contributed by atoms with van der Waals surface area (Å²) in [6.07, 6.45) is 1.79. The van der Waals surface area contributed by atoms with Crippen molar-refractivity contribution in [3.63, 3.8) is 0 Å². The molecule has 4 rings (SSSR count). The molecule has 33 heavy (non-hydrogen) atoms. The van der Waals surface area contributed by atoms with Crippen LogP contribution in [-0.2, 0) is 22.3 Å². The van der Waals surface area contributed by atoms with Crippen molar-refractivity contribution in [1.29, 1.82) is 0 Å². The van der Waals surface area contributed by atoms with Crippen molar-refractivity contribution in [1.82, 2.24) is 10.3 Å². The van der Waals surface area contributed by atoms with Crippen molar-refractivity contribution < 1.29 is 32.2 Å². The molecule has 1 aliphatic heterocycles. The van der Waals surface area contributed by atoms with E-state index >= 15 is 0 Å². The number of hydrogen-bond acceptors (Lipinski definition) is 5. The molecule has 1 aromatic heterocycles. The zero-order valence-corrected chi connectivity index (χ0v) is 17.9. The lowest BCUT2D eigenvalue weighted by Crippen LogP contribution is -2.41. The molecule has 2 fully saturated rings. The number of hydrogen-bond donors (Lipinski definition) is 2. The molecule has 2 aliphatic rings. The van der Waals surface area contributed by atoms with Crippen LogP contribution in [0.25, 0.3) is 0 Å². The molecule has 2 aromatic rings. The molecule has 1 aromatic carbocycles. The summed E-state index contributed by atoms with van der Waals surface area (Å²) in [6.45, 7) is 1.23. The van der Waals surface area contributed by atoms with Crippen LogP contribution in [0.2, 0.25) is 0 Å². The molecule has 2 heterocycles. The summed E-state index contributed by atoms with van der Waals surface area (Å²) in [5, 5.41) is 5.38. The minimum atomic E-state index is -4.53. The molecule has 0 unspecified atom stereocenters. The molecule has 7 nitrogen and oxygen atoms in total. The van der Waals surface area contributed by atoms with Crippen LogP contribution in [0.15, 0.2) is 42.7 Å². The van der Waals surface area contributed by atoms with Gasteiger partial charge in [0, 0.05) is 18.4 Å². The molecule has 0 radical (unpaired) electrons. The number of nitrogens with zero attached hydrogens (tertiary/aromatic N) is 1. The average molecular weight is 465 g/mol. The fourth-order valence-electron chi connectivity index (χ4n) is 3.78. The van der Waals surface area contributed by atoms with Gasteiger partial charge in [-0.05, 0) is 61.6 Å². The highest BCUT2D eigenvalue weighted by molar-refractivity contribution is 5.91. The molecule has 0 atom stereocenters. The van der Waals surface area contributed by atoms with Crippen LogP contribution in [0.4, 0.5) is 23.7 Å². The summed E-state index contributed by atoms with van der Waals surface area (Å²) in [4.78, 5) is 16.5. The van der Waals surface area contributed by atoms with Gasteiger partial charge in [0.15, 0.2) is 0 Å². The second kappa shape index (κ2) is 10.4. The number of aromatic nitrogens is 1. The zero-order chi connectivity index (χ0) is 23.3. The second-order valence-electron chi connectivity index (χ2n) is 8.22. The van der Waals surface area contributed by atoms with E-state index < -0.39 is 17.8 Å². The Morgan fingerprint density at radius 2 is 1.79 bits per heavy atom. The van der Waals surface area contributed by atoms with Crippen molar-refractivity contribution in [2.75, 3.05) is 18.5 Å². The summed E-state index contributed by atoms with van der Waals surface area (Å²) in [5.74, 6) is 0.180. The van der Waals surface area contributed by atoms with Gasteiger partial charge in [0.25, 0.3) is 0 Å². The average Bonchev–Trinajstić information content (AvgIpc) is 2.76. The van der Waals surface area contributed by atoms with E-state index in [2.05, 4.69) is 15.6 Å². The fraction of sp³-hybridized carbons (Fsp3) is 0.478. The standard InChI is InChI=1S/C23H26F3N3O4/c24-23(25,26)16-1-6-21(33-19-13-31-14-19)20(11-16)29-22(30)28-17-2-4-18(5-3-17)32-12-15-7-9-27-10-8-15/h1,6-11,17-19H,2-5,12-14H2,(H2,28,29,30). The fourth-order valence-corrected chi connectivity index (χ4v) is 3.78. The normalized spacial score (nSPS) is 21.2. The lowest BCUT2D eigenvalue weighted by molar-refractivity contribution is -0.137. The van der Waals surface area contributed by atoms with Crippen LogP contribution in [-0.4, -0.2) is 42.5 Å². The molecule has 1 aliphatic carbocycles. The first-order chi connectivity index (χ1) is 15.9. The van der Waals surface area contributed by atoms with E-state index in [9.17, 15) is 18.0 Å². The second-order valence-corrected chi connectivity index (χ2v) is 8.22. The number of urea groups is 1. The lowest BCUT2D eigenvalue weighted by atomic mass is 9.93. The molecular weight excluding hydrogens is 439 g/mol. The number of pyridine rings is 1. The van der Waals surface area contributed by atoms with Crippen LogP contribution in [0.3, 0.4) is 0 Å². The smallest absolute Gasteiger partial charge is 0.416 e. The van der Waals surface area contributed by atoms with E-state index in [-0.39, 0.29) is 29.7 Å².